The third-order valence-corrected chi connectivity index (χ3v) is 5.04. The molecular formula is C19H26O4. The second-order valence-corrected chi connectivity index (χ2v) is 7.68. The van der Waals surface area contributed by atoms with Gasteiger partial charge in [0.05, 0.1) is 19.1 Å². The molecule has 1 aliphatic carbocycles. The lowest BCUT2D eigenvalue weighted by atomic mass is 9.62. The largest absolute Gasteiger partial charge is 0.496 e. The zero-order valence-electron chi connectivity index (χ0n) is 14.7. The van der Waals surface area contributed by atoms with Crippen molar-refractivity contribution in [1.29, 1.82) is 0 Å². The van der Waals surface area contributed by atoms with Crippen molar-refractivity contribution in [2.45, 2.75) is 64.2 Å². The third kappa shape index (κ3) is 3.41. The van der Waals surface area contributed by atoms with Crippen LogP contribution in [0.25, 0.3) is 0 Å². The van der Waals surface area contributed by atoms with Crippen molar-refractivity contribution in [2.24, 2.45) is 0 Å². The molecule has 0 saturated heterocycles. The van der Waals surface area contributed by atoms with Crippen LogP contribution in [0.5, 0.6) is 5.75 Å². The van der Waals surface area contributed by atoms with E-state index in [1.54, 1.807) is 7.11 Å². The van der Waals surface area contributed by atoms with E-state index in [2.05, 4.69) is 27.7 Å². The molecule has 1 aromatic rings. The molecule has 0 saturated carbocycles. The van der Waals surface area contributed by atoms with Gasteiger partial charge >= 0.3 is 5.97 Å². The third-order valence-electron chi connectivity index (χ3n) is 5.04. The van der Waals surface area contributed by atoms with Crippen LogP contribution in [0.2, 0.25) is 0 Å². The molecular weight excluding hydrogens is 292 g/mol. The van der Waals surface area contributed by atoms with Crippen LogP contribution >= 0.6 is 0 Å². The fourth-order valence-electron chi connectivity index (χ4n) is 3.34. The fraction of sp³-hybridized carbons (Fsp3) is 0.579. The minimum atomic E-state index is -0.961. The highest BCUT2D eigenvalue weighted by Gasteiger charge is 2.38. The van der Waals surface area contributed by atoms with E-state index in [0.29, 0.717) is 11.3 Å². The average molecular weight is 318 g/mol. The van der Waals surface area contributed by atoms with Gasteiger partial charge in [-0.3, -0.25) is 9.59 Å². The van der Waals surface area contributed by atoms with Gasteiger partial charge in [-0.25, -0.2) is 0 Å². The number of benzene rings is 1. The standard InChI is InChI=1S/C19H26O4/c1-18(2)8-9-19(3,4)14-11-16(23-5)12(10-13(14)18)15(20)6-7-17(21)22/h10-11H,6-9H2,1-5H3,(H,21,22). The van der Waals surface area contributed by atoms with Crippen LogP contribution < -0.4 is 4.74 Å². The Balaban J connectivity index is 2.53. The van der Waals surface area contributed by atoms with Crippen LogP contribution in [0.3, 0.4) is 0 Å². The van der Waals surface area contributed by atoms with Crippen molar-refractivity contribution in [2.75, 3.05) is 7.11 Å². The van der Waals surface area contributed by atoms with Crippen molar-refractivity contribution in [3.8, 4) is 5.75 Å². The van der Waals surface area contributed by atoms with Crippen molar-refractivity contribution in [3.63, 3.8) is 0 Å². The first-order valence-corrected chi connectivity index (χ1v) is 8.06. The first kappa shape index (κ1) is 17.5. The lowest BCUT2D eigenvalue weighted by Gasteiger charge is -2.42. The predicted molar refractivity (Wildman–Crippen MR) is 89.5 cm³/mol. The molecule has 0 atom stereocenters. The number of ether oxygens (including phenoxy) is 1. The molecule has 4 heteroatoms. The number of fused-ring (bicyclic) bond motifs is 1. The number of hydrogen-bond acceptors (Lipinski definition) is 3. The van der Waals surface area contributed by atoms with Crippen molar-refractivity contribution in [3.05, 3.63) is 28.8 Å². The van der Waals surface area contributed by atoms with Crippen LogP contribution in [0, 0.1) is 0 Å². The van der Waals surface area contributed by atoms with Gasteiger partial charge in [0.2, 0.25) is 0 Å². The summed E-state index contributed by atoms with van der Waals surface area (Å²) >= 11 is 0. The van der Waals surface area contributed by atoms with E-state index in [-0.39, 0.29) is 29.5 Å². The van der Waals surface area contributed by atoms with Gasteiger partial charge in [-0.1, -0.05) is 27.7 Å². The molecule has 126 valence electrons. The van der Waals surface area contributed by atoms with E-state index < -0.39 is 5.97 Å². The van der Waals surface area contributed by atoms with E-state index in [1.165, 1.54) is 11.1 Å². The minimum absolute atomic E-state index is 0.00104. The normalized spacial score (nSPS) is 18.1. The van der Waals surface area contributed by atoms with E-state index in [1.807, 2.05) is 12.1 Å². The maximum atomic E-state index is 12.4. The summed E-state index contributed by atoms with van der Waals surface area (Å²) in [5.41, 5.74) is 2.94. The van der Waals surface area contributed by atoms with Gasteiger partial charge < -0.3 is 9.84 Å². The second kappa shape index (κ2) is 5.99. The summed E-state index contributed by atoms with van der Waals surface area (Å²) in [5.74, 6) is -0.590. The lowest BCUT2D eigenvalue weighted by molar-refractivity contribution is -0.136. The average Bonchev–Trinajstić information content (AvgIpc) is 2.48. The summed E-state index contributed by atoms with van der Waals surface area (Å²) in [6.07, 6.45) is 1.98. The summed E-state index contributed by atoms with van der Waals surface area (Å²) in [7, 11) is 1.55. The maximum Gasteiger partial charge on any atom is 0.303 e. The highest BCUT2D eigenvalue weighted by Crippen LogP contribution is 2.47. The highest BCUT2D eigenvalue weighted by molar-refractivity contribution is 6.00. The molecule has 0 heterocycles. The van der Waals surface area contributed by atoms with Crippen LogP contribution in [0.4, 0.5) is 0 Å². The molecule has 1 aliphatic rings. The number of methoxy groups -OCH3 is 1. The topological polar surface area (TPSA) is 63.6 Å². The number of rotatable bonds is 5. The van der Waals surface area contributed by atoms with Crippen molar-refractivity contribution >= 4 is 11.8 Å². The Hall–Kier alpha value is -1.84. The highest BCUT2D eigenvalue weighted by atomic mass is 16.5. The quantitative estimate of drug-likeness (QED) is 0.830. The Morgan fingerprint density at radius 2 is 1.57 bits per heavy atom. The van der Waals surface area contributed by atoms with Crippen molar-refractivity contribution in [1.82, 2.24) is 0 Å². The fourth-order valence-corrected chi connectivity index (χ4v) is 3.34. The van der Waals surface area contributed by atoms with Gasteiger partial charge in [0.1, 0.15) is 5.75 Å². The molecule has 0 unspecified atom stereocenters. The lowest BCUT2D eigenvalue weighted by Crippen LogP contribution is -2.34. The molecule has 2 rings (SSSR count). The van der Waals surface area contributed by atoms with Gasteiger partial charge in [0.25, 0.3) is 0 Å². The molecule has 0 amide bonds. The predicted octanol–water partition coefficient (Wildman–Crippen LogP) is 4.09. The Morgan fingerprint density at radius 3 is 2.04 bits per heavy atom. The second-order valence-electron chi connectivity index (χ2n) is 7.68. The van der Waals surface area contributed by atoms with Gasteiger partial charge in [-0.15, -0.1) is 0 Å². The molecule has 0 spiro atoms. The zero-order chi connectivity index (χ0) is 17.4. The van der Waals surface area contributed by atoms with Gasteiger partial charge in [-0.05, 0) is 46.9 Å². The summed E-state index contributed by atoms with van der Waals surface area (Å²) in [6.45, 7) is 8.82. The number of hydrogen-bond donors (Lipinski definition) is 1. The first-order chi connectivity index (χ1) is 10.6. The molecule has 1 N–H and O–H groups in total. The summed E-state index contributed by atoms with van der Waals surface area (Å²) in [5, 5.41) is 8.80. The van der Waals surface area contributed by atoms with Crippen LogP contribution in [-0.4, -0.2) is 24.0 Å². The van der Waals surface area contributed by atoms with E-state index in [4.69, 9.17) is 9.84 Å². The monoisotopic (exact) mass is 318 g/mol. The van der Waals surface area contributed by atoms with Gasteiger partial charge in [-0.2, -0.15) is 0 Å². The molecule has 0 fully saturated rings. The summed E-state index contributed by atoms with van der Waals surface area (Å²) in [4.78, 5) is 23.2. The van der Waals surface area contributed by atoms with E-state index >= 15 is 0 Å². The number of carbonyl (C=O) groups excluding carboxylic acids is 1. The SMILES string of the molecule is COc1cc2c(cc1C(=O)CCC(=O)O)C(C)(C)CCC2(C)C. The summed E-state index contributed by atoms with van der Waals surface area (Å²) < 4.78 is 5.43. The van der Waals surface area contributed by atoms with E-state index in [9.17, 15) is 9.59 Å². The first-order valence-electron chi connectivity index (χ1n) is 8.06. The molecule has 0 aromatic heterocycles. The number of carboxylic acid groups (broad SMARTS) is 1. The Labute approximate surface area is 137 Å². The van der Waals surface area contributed by atoms with E-state index in [0.717, 1.165) is 12.8 Å². The summed E-state index contributed by atoms with van der Waals surface area (Å²) in [6, 6.07) is 3.91. The molecule has 23 heavy (non-hydrogen) atoms. The molecule has 4 nitrogen and oxygen atoms in total. The van der Waals surface area contributed by atoms with Crippen LogP contribution in [-0.2, 0) is 15.6 Å². The maximum absolute atomic E-state index is 12.4. The minimum Gasteiger partial charge on any atom is -0.496 e. The molecule has 0 aliphatic heterocycles. The van der Waals surface area contributed by atoms with Crippen LogP contribution in [0.1, 0.15) is 74.9 Å². The van der Waals surface area contributed by atoms with Gasteiger partial charge in [0.15, 0.2) is 5.78 Å². The number of ketones is 1. The Bertz CT molecular complexity index is 641. The number of carbonyl (C=O) groups is 2. The van der Waals surface area contributed by atoms with Crippen molar-refractivity contribution < 1.29 is 19.4 Å². The smallest absolute Gasteiger partial charge is 0.303 e. The molecule has 1 aromatic carbocycles. The Morgan fingerprint density at radius 1 is 1.04 bits per heavy atom. The number of Topliss-reactive ketones (excluding diaryl/α,β-unsaturated/α-hetero) is 1. The number of aliphatic carboxylic acids is 1. The number of carboxylic acids is 1. The van der Waals surface area contributed by atoms with Crippen LogP contribution in [0.15, 0.2) is 12.1 Å². The molecule has 0 bridgehead atoms. The molecule has 0 radical (unpaired) electrons. The zero-order valence-corrected chi connectivity index (χ0v) is 14.7. The van der Waals surface area contributed by atoms with Gasteiger partial charge in [0, 0.05) is 6.42 Å². The Kier molecular flexibility index (Phi) is 4.56.